The van der Waals surface area contributed by atoms with Gasteiger partial charge in [-0.1, -0.05) is 59.6 Å². The average molecular weight is 401 g/mol. The fourth-order valence-electron chi connectivity index (χ4n) is 3.15. The van der Waals surface area contributed by atoms with Gasteiger partial charge in [-0.3, -0.25) is 14.5 Å². The lowest BCUT2D eigenvalue weighted by atomic mass is 9.91. The minimum atomic E-state index is -1.22. The molecule has 2 aromatic rings. The van der Waals surface area contributed by atoms with E-state index in [1.165, 1.54) is 0 Å². The number of nitrogens with one attached hydrogen (secondary N) is 1. The molecule has 1 N–H and O–H groups in total. The fraction of sp³-hybridized carbons (Fsp3) is 0.286. The van der Waals surface area contributed by atoms with Crippen LogP contribution in [0.3, 0.4) is 0 Å². The van der Waals surface area contributed by atoms with Crippen LogP contribution in [0.4, 0.5) is 4.79 Å². The molecular weight excluding hydrogens is 380 g/mol. The van der Waals surface area contributed by atoms with E-state index >= 15 is 0 Å². The van der Waals surface area contributed by atoms with Gasteiger partial charge in [0.15, 0.2) is 0 Å². The number of ether oxygens (including phenoxy) is 1. The number of esters is 1. The van der Waals surface area contributed by atoms with Gasteiger partial charge in [0, 0.05) is 10.6 Å². The van der Waals surface area contributed by atoms with Crippen molar-refractivity contribution in [3.05, 3.63) is 70.2 Å². The molecule has 6 nitrogen and oxygen atoms in total. The van der Waals surface area contributed by atoms with Gasteiger partial charge in [0.25, 0.3) is 5.91 Å². The molecule has 0 unspecified atom stereocenters. The number of imide groups is 1. The van der Waals surface area contributed by atoms with Gasteiger partial charge in [0.1, 0.15) is 18.2 Å². The van der Waals surface area contributed by atoms with Gasteiger partial charge >= 0.3 is 12.0 Å². The highest BCUT2D eigenvalue weighted by molar-refractivity contribution is 6.31. The lowest BCUT2D eigenvalue weighted by Gasteiger charge is -2.22. The van der Waals surface area contributed by atoms with Crippen LogP contribution in [0.25, 0.3) is 0 Å². The van der Waals surface area contributed by atoms with Crippen LogP contribution in [0.2, 0.25) is 5.02 Å². The molecule has 28 heavy (non-hydrogen) atoms. The van der Waals surface area contributed by atoms with Crippen molar-refractivity contribution in [2.75, 3.05) is 6.54 Å². The molecule has 0 radical (unpaired) electrons. The standard InChI is InChI=1S/C21H21ClN2O4/c1-13-8-10-15(11-9-13)21(3)19(26)24(20(27)23-21)12-18(25)28-14(2)16-6-4-5-7-17(16)22/h4-11,14H,12H2,1-3H3,(H,23,27)/t14-,21+/m0/s1. The molecule has 1 aliphatic rings. The molecule has 1 fully saturated rings. The van der Waals surface area contributed by atoms with Gasteiger partial charge in [-0.2, -0.15) is 0 Å². The summed E-state index contributed by atoms with van der Waals surface area (Å²) in [4.78, 5) is 38.4. The van der Waals surface area contributed by atoms with E-state index in [4.69, 9.17) is 16.3 Å². The van der Waals surface area contributed by atoms with Crippen molar-refractivity contribution < 1.29 is 19.1 Å². The number of halogens is 1. The third-order valence-electron chi connectivity index (χ3n) is 4.84. The lowest BCUT2D eigenvalue weighted by molar-refractivity contribution is -0.152. The zero-order valence-electron chi connectivity index (χ0n) is 15.9. The molecule has 0 bridgehead atoms. The van der Waals surface area contributed by atoms with Gasteiger partial charge < -0.3 is 10.1 Å². The predicted molar refractivity (Wildman–Crippen MR) is 105 cm³/mol. The maximum Gasteiger partial charge on any atom is 0.326 e. The van der Waals surface area contributed by atoms with Crippen LogP contribution >= 0.6 is 11.6 Å². The number of aryl methyl sites for hydroxylation is 1. The molecule has 0 spiro atoms. The zero-order valence-corrected chi connectivity index (χ0v) is 16.6. The number of hydrogen-bond donors (Lipinski definition) is 1. The molecule has 1 heterocycles. The second-order valence-corrected chi connectivity index (χ2v) is 7.37. The third kappa shape index (κ3) is 3.73. The number of carbonyl (C=O) groups is 3. The topological polar surface area (TPSA) is 75.7 Å². The van der Waals surface area contributed by atoms with Crippen LogP contribution in [-0.2, 0) is 19.9 Å². The smallest absolute Gasteiger partial charge is 0.326 e. The molecule has 2 aromatic carbocycles. The summed E-state index contributed by atoms with van der Waals surface area (Å²) in [6, 6.07) is 13.7. The predicted octanol–water partition coefficient (Wildman–Crippen LogP) is 3.72. The third-order valence-corrected chi connectivity index (χ3v) is 5.19. The van der Waals surface area contributed by atoms with E-state index in [-0.39, 0.29) is 0 Å². The Balaban J connectivity index is 1.71. The summed E-state index contributed by atoms with van der Waals surface area (Å²) in [5.74, 6) is -1.19. The molecule has 0 aliphatic carbocycles. The van der Waals surface area contributed by atoms with E-state index < -0.39 is 36.1 Å². The second kappa shape index (κ2) is 7.64. The molecule has 1 saturated heterocycles. The molecule has 7 heteroatoms. The van der Waals surface area contributed by atoms with Crippen LogP contribution in [0.1, 0.15) is 36.6 Å². The van der Waals surface area contributed by atoms with E-state index in [0.717, 1.165) is 10.5 Å². The Hall–Kier alpha value is -2.86. The summed E-state index contributed by atoms with van der Waals surface area (Å²) in [6.07, 6.45) is -0.606. The maximum atomic E-state index is 12.9. The first-order valence-electron chi connectivity index (χ1n) is 8.87. The first kappa shape index (κ1) is 19.9. The Morgan fingerprint density at radius 1 is 1.18 bits per heavy atom. The van der Waals surface area contributed by atoms with Crippen LogP contribution in [0.15, 0.2) is 48.5 Å². The largest absolute Gasteiger partial charge is 0.456 e. The minimum absolute atomic E-state index is 0.471. The van der Waals surface area contributed by atoms with Crippen molar-refractivity contribution in [1.82, 2.24) is 10.2 Å². The number of nitrogens with zero attached hydrogens (tertiary/aromatic N) is 1. The van der Waals surface area contributed by atoms with Gasteiger partial charge in [-0.25, -0.2) is 4.79 Å². The van der Waals surface area contributed by atoms with Gasteiger partial charge in [-0.05, 0) is 32.4 Å². The van der Waals surface area contributed by atoms with Crippen molar-refractivity contribution in [1.29, 1.82) is 0 Å². The number of rotatable bonds is 5. The Morgan fingerprint density at radius 2 is 1.82 bits per heavy atom. The highest BCUT2D eigenvalue weighted by Gasteiger charge is 2.49. The SMILES string of the molecule is Cc1ccc([C@@]2(C)NC(=O)N(CC(=O)O[C@@H](C)c3ccccc3Cl)C2=O)cc1. The Morgan fingerprint density at radius 3 is 2.46 bits per heavy atom. The van der Waals surface area contributed by atoms with Crippen LogP contribution in [0, 0.1) is 6.92 Å². The molecule has 0 saturated carbocycles. The number of benzene rings is 2. The molecule has 146 valence electrons. The lowest BCUT2D eigenvalue weighted by Crippen LogP contribution is -2.41. The number of amides is 3. The van der Waals surface area contributed by atoms with Crippen molar-refractivity contribution in [2.24, 2.45) is 0 Å². The minimum Gasteiger partial charge on any atom is -0.456 e. The van der Waals surface area contributed by atoms with Crippen LogP contribution in [0.5, 0.6) is 0 Å². The van der Waals surface area contributed by atoms with E-state index in [2.05, 4.69) is 5.32 Å². The number of urea groups is 1. The van der Waals surface area contributed by atoms with Crippen molar-refractivity contribution in [2.45, 2.75) is 32.4 Å². The number of hydrogen-bond acceptors (Lipinski definition) is 4. The summed E-state index contributed by atoms with van der Waals surface area (Å²) in [6.45, 7) is 4.77. The summed E-state index contributed by atoms with van der Waals surface area (Å²) < 4.78 is 5.37. The normalized spacial score (nSPS) is 20.1. The number of carbonyl (C=O) groups excluding carboxylic acids is 3. The van der Waals surface area contributed by atoms with Crippen molar-refractivity contribution in [3.63, 3.8) is 0 Å². The van der Waals surface area contributed by atoms with Crippen molar-refractivity contribution in [3.8, 4) is 0 Å². The molecule has 3 amide bonds. The molecule has 0 aromatic heterocycles. The summed E-state index contributed by atoms with van der Waals surface area (Å²) in [5.41, 5.74) is 1.12. The Kier molecular flexibility index (Phi) is 5.42. The monoisotopic (exact) mass is 400 g/mol. The maximum absolute atomic E-state index is 12.9. The Bertz CT molecular complexity index is 928. The van der Waals surface area contributed by atoms with Crippen molar-refractivity contribution >= 4 is 29.5 Å². The molecule has 3 rings (SSSR count). The highest BCUT2D eigenvalue weighted by Crippen LogP contribution is 2.29. The van der Waals surface area contributed by atoms with Crippen LogP contribution in [-0.4, -0.2) is 29.4 Å². The zero-order chi connectivity index (χ0) is 20.5. The summed E-state index contributed by atoms with van der Waals surface area (Å²) >= 11 is 6.12. The highest BCUT2D eigenvalue weighted by atomic mass is 35.5. The van der Waals surface area contributed by atoms with E-state index in [1.54, 1.807) is 50.2 Å². The molecular formula is C21H21ClN2O4. The van der Waals surface area contributed by atoms with Crippen LogP contribution < -0.4 is 5.32 Å². The first-order valence-corrected chi connectivity index (χ1v) is 9.25. The van der Waals surface area contributed by atoms with E-state index in [0.29, 0.717) is 16.1 Å². The fourth-order valence-corrected chi connectivity index (χ4v) is 3.44. The summed E-state index contributed by atoms with van der Waals surface area (Å²) in [7, 11) is 0. The molecule has 2 atom stereocenters. The van der Waals surface area contributed by atoms with E-state index in [1.807, 2.05) is 19.1 Å². The summed E-state index contributed by atoms with van der Waals surface area (Å²) in [5, 5.41) is 3.15. The van der Waals surface area contributed by atoms with E-state index in [9.17, 15) is 14.4 Å². The Labute approximate surface area is 168 Å². The average Bonchev–Trinajstić information content (AvgIpc) is 2.86. The quantitative estimate of drug-likeness (QED) is 0.613. The molecule has 1 aliphatic heterocycles. The van der Waals surface area contributed by atoms with Gasteiger partial charge in [0.2, 0.25) is 0 Å². The van der Waals surface area contributed by atoms with Gasteiger partial charge in [0.05, 0.1) is 0 Å². The van der Waals surface area contributed by atoms with Gasteiger partial charge in [-0.15, -0.1) is 0 Å². The second-order valence-electron chi connectivity index (χ2n) is 6.97. The first-order chi connectivity index (χ1) is 13.2.